The van der Waals surface area contributed by atoms with E-state index in [9.17, 15) is 0 Å². The standard InChI is InChI=1S/C16H18N2O/c17-16-9-8-12(10-18-16)11-19-15-7-3-5-13-4-1-2-6-14(13)15/h1-2,4,6,8-10,15H,3,5,7,11H2,(H2,17,18). The zero-order valence-electron chi connectivity index (χ0n) is 10.9. The quantitative estimate of drug-likeness (QED) is 0.914. The molecule has 3 rings (SSSR count). The summed E-state index contributed by atoms with van der Waals surface area (Å²) in [7, 11) is 0. The molecule has 0 radical (unpaired) electrons. The highest BCUT2D eigenvalue weighted by Crippen LogP contribution is 2.32. The van der Waals surface area contributed by atoms with Crippen LogP contribution in [0.1, 0.15) is 35.6 Å². The molecule has 1 unspecified atom stereocenters. The third kappa shape index (κ3) is 2.76. The molecule has 0 aliphatic heterocycles. The van der Waals surface area contributed by atoms with Crippen LogP contribution in [-0.4, -0.2) is 4.98 Å². The predicted octanol–water partition coefficient (Wildman–Crippen LogP) is 3.26. The summed E-state index contributed by atoms with van der Waals surface area (Å²) in [6.07, 6.45) is 5.45. The minimum atomic E-state index is 0.211. The van der Waals surface area contributed by atoms with Crippen LogP contribution in [0.25, 0.3) is 0 Å². The van der Waals surface area contributed by atoms with Crippen molar-refractivity contribution >= 4 is 5.82 Å². The molecule has 2 aromatic rings. The smallest absolute Gasteiger partial charge is 0.123 e. The summed E-state index contributed by atoms with van der Waals surface area (Å²) in [6.45, 7) is 0.590. The van der Waals surface area contributed by atoms with Gasteiger partial charge in [0.05, 0.1) is 12.7 Å². The van der Waals surface area contributed by atoms with Crippen molar-refractivity contribution in [3.63, 3.8) is 0 Å². The van der Waals surface area contributed by atoms with Crippen molar-refractivity contribution in [3.8, 4) is 0 Å². The van der Waals surface area contributed by atoms with E-state index < -0.39 is 0 Å². The summed E-state index contributed by atoms with van der Waals surface area (Å²) in [4.78, 5) is 4.08. The molecule has 0 bridgehead atoms. The van der Waals surface area contributed by atoms with E-state index in [1.807, 2.05) is 12.1 Å². The SMILES string of the molecule is Nc1ccc(COC2CCCc3ccccc32)cn1. The third-order valence-corrected chi connectivity index (χ3v) is 3.61. The Morgan fingerprint density at radius 3 is 2.95 bits per heavy atom. The molecule has 98 valence electrons. The fraction of sp³-hybridized carbons (Fsp3) is 0.312. The summed E-state index contributed by atoms with van der Waals surface area (Å²) in [6, 6.07) is 12.4. The highest BCUT2D eigenvalue weighted by Gasteiger charge is 2.20. The lowest BCUT2D eigenvalue weighted by Crippen LogP contribution is -2.12. The van der Waals surface area contributed by atoms with Crippen LogP contribution in [0.2, 0.25) is 0 Å². The van der Waals surface area contributed by atoms with Gasteiger partial charge < -0.3 is 10.5 Å². The largest absolute Gasteiger partial charge is 0.384 e. The van der Waals surface area contributed by atoms with E-state index in [-0.39, 0.29) is 6.10 Å². The molecule has 1 aliphatic carbocycles. The van der Waals surface area contributed by atoms with Gasteiger partial charge in [-0.2, -0.15) is 0 Å². The van der Waals surface area contributed by atoms with Gasteiger partial charge in [0.25, 0.3) is 0 Å². The van der Waals surface area contributed by atoms with Crippen LogP contribution in [0.3, 0.4) is 0 Å². The number of pyridine rings is 1. The maximum Gasteiger partial charge on any atom is 0.123 e. The van der Waals surface area contributed by atoms with Crippen LogP contribution in [0, 0.1) is 0 Å². The molecular formula is C16H18N2O. The number of fused-ring (bicyclic) bond motifs is 1. The van der Waals surface area contributed by atoms with Crippen LogP contribution in [0.4, 0.5) is 5.82 Å². The second-order valence-corrected chi connectivity index (χ2v) is 4.98. The van der Waals surface area contributed by atoms with Gasteiger partial charge >= 0.3 is 0 Å². The summed E-state index contributed by atoms with van der Waals surface area (Å²) < 4.78 is 6.05. The average Bonchev–Trinajstić information content (AvgIpc) is 2.47. The molecule has 1 aromatic carbocycles. The third-order valence-electron chi connectivity index (χ3n) is 3.61. The zero-order chi connectivity index (χ0) is 13.1. The number of aromatic nitrogens is 1. The first-order valence-electron chi connectivity index (χ1n) is 6.73. The maximum atomic E-state index is 6.05. The van der Waals surface area contributed by atoms with Crippen molar-refractivity contribution in [2.24, 2.45) is 0 Å². The number of ether oxygens (including phenoxy) is 1. The van der Waals surface area contributed by atoms with Crippen LogP contribution >= 0.6 is 0 Å². The molecule has 1 heterocycles. The van der Waals surface area contributed by atoms with E-state index in [0.717, 1.165) is 12.0 Å². The van der Waals surface area contributed by atoms with E-state index in [4.69, 9.17) is 10.5 Å². The monoisotopic (exact) mass is 254 g/mol. The molecule has 3 heteroatoms. The number of hydrogen-bond acceptors (Lipinski definition) is 3. The Bertz CT molecular complexity index is 551. The summed E-state index contributed by atoms with van der Waals surface area (Å²) in [5.74, 6) is 0.548. The molecule has 2 N–H and O–H groups in total. The number of nitrogens with two attached hydrogens (primary N) is 1. The lowest BCUT2D eigenvalue weighted by molar-refractivity contribution is 0.0281. The molecule has 1 aliphatic rings. The second-order valence-electron chi connectivity index (χ2n) is 4.98. The Balaban J connectivity index is 1.69. The van der Waals surface area contributed by atoms with E-state index in [0.29, 0.717) is 12.4 Å². The molecule has 1 atom stereocenters. The Morgan fingerprint density at radius 2 is 2.11 bits per heavy atom. The van der Waals surface area contributed by atoms with Crippen molar-refractivity contribution < 1.29 is 4.74 Å². The first-order valence-corrected chi connectivity index (χ1v) is 6.73. The van der Waals surface area contributed by atoms with Crippen LogP contribution < -0.4 is 5.73 Å². The van der Waals surface area contributed by atoms with Gasteiger partial charge in [-0.3, -0.25) is 0 Å². The molecule has 0 saturated carbocycles. The molecule has 0 saturated heterocycles. The van der Waals surface area contributed by atoms with Gasteiger partial charge in [-0.1, -0.05) is 30.3 Å². The summed E-state index contributed by atoms with van der Waals surface area (Å²) in [5, 5.41) is 0. The minimum absolute atomic E-state index is 0.211. The maximum absolute atomic E-state index is 6.05. The Kier molecular flexibility index (Phi) is 3.47. The van der Waals surface area contributed by atoms with E-state index in [2.05, 4.69) is 29.2 Å². The van der Waals surface area contributed by atoms with Gasteiger partial charge in [-0.05, 0) is 42.0 Å². The Morgan fingerprint density at radius 1 is 1.21 bits per heavy atom. The van der Waals surface area contributed by atoms with Crippen LogP contribution in [-0.2, 0) is 17.8 Å². The van der Waals surface area contributed by atoms with Gasteiger partial charge in [0.2, 0.25) is 0 Å². The normalized spacial score (nSPS) is 18.0. The topological polar surface area (TPSA) is 48.1 Å². The number of benzene rings is 1. The van der Waals surface area contributed by atoms with Crippen molar-refractivity contribution in [1.82, 2.24) is 4.98 Å². The summed E-state index contributed by atoms with van der Waals surface area (Å²) >= 11 is 0. The second kappa shape index (κ2) is 5.41. The zero-order valence-corrected chi connectivity index (χ0v) is 10.9. The minimum Gasteiger partial charge on any atom is -0.384 e. The van der Waals surface area contributed by atoms with Gasteiger partial charge in [0.1, 0.15) is 5.82 Å². The number of rotatable bonds is 3. The number of nitrogen functional groups attached to an aromatic ring is 1. The van der Waals surface area contributed by atoms with E-state index >= 15 is 0 Å². The van der Waals surface area contributed by atoms with Gasteiger partial charge in [-0.25, -0.2) is 4.98 Å². The number of nitrogens with zero attached hydrogens (tertiary/aromatic N) is 1. The van der Waals surface area contributed by atoms with Gasteiger partial charge in [0, 0.05) is 6.20 Å². The predicted molar refractivity (Wildman–Crippen MR) is 75.6 cm³/mol. The van der Waals surface area contributed by atoms with Crippen LogP contribution in [0.15, 0.2) is 42.6 Å². The lowest BCUT2D eigenvalue weighted by atomic mass is 9.89. The Labute approximate surface area is 113 Å². The van der Waals surface area contributed by atoms with Gasteiger partial charge in [-0.15, -0.1) is 0 Å². The van der Waals surface area contributed by atoms with Crippen LogP contribution in [0.5, 0.6) is 0 Å². The van der Waals surface area contributed by atoms with E-state index in [1.165, 1.54) is 24.0 Å². The van der Waals surface area contributed by atoms with E-state index in [1.54, 1.807) is 6.20 Å². The fourth-order valence-corrected chi connectivity index (χ4v) is 2.60. The van der Waals surface area contributed by atoms with Gasteiger partial charge in [0.15, 0.2) is 0 Å². The van der Waals surface area contributed by atoms with Crippen molar-refractivity contribution in [2.45, 2.75) is 32.0 Å². The van der Waals surface area contributed by atoms with Crippen molar-refractivity contribution in [1.29, 1.82) is 0 Å². The highest BCUT2D eigenvalue weighted by atomic mass is 16.5. The molecule has 0 spiro atoms. The number of hydrogen-bond donors (Lipinski definition) is 1. The Hall–Kier alpha value is -1.87. The molecule has 3 nitrogen and oxygen atoms in total. The number of aryl methyl sites for hydroxylation is 1. The first kappa shape index (κ1) is 12.2. The first-order chi connectivity index (χ1) is 9.33. The average molecular weight is 254 g/mol. The van der Waals surface area contributed by atoms with Crippen molar-refractivity contribution in [2.75, 3.05) is 5.73 Å². The molecule has 0 amide bonds. The number of anilines is 1. The lowest BCUT2D eigenvalue weighted by Gasteiger charge is -2.25. The molecular weight excluding hydrogens is 236 g/mol. The highest BCUT2D eigenvalue weighted by molar-refractivity contribution is 5.31. The molecule has 1 aromatic heterocycles. The molecule has 0 fully saturated rings. The fourth-order valence-electron chi connectivity index (χ4n) is 2.60. The summed E-state index contributed by atoms with van der Waals surface area (Å²) in [5.41, 5.74) is 9.41. The molecule has 19 heavy (non-hydrogen) atoms. The van der Waals surface area contributed by atoms with Crippen molar-refractivity contribution in [3.05, 3.63) is 59.3 Å².